The summed E-state index contributed by atoms with van der Waals surface area (Å²) in [5, 5.41) is 21.8. The fourth-order valence-corrected chi connectivity index (χ4v) is 4.71. The van der Waals surface area contributed by atoms with Crippen LogP contribution in [0.3, 0.4) is 0 Å². The Hall–Kier alpha value is -4.20. The fraction of sp³-hybridized carbons (Fsp3) is 0.310. The number of aromatic nitrogens is 4. The Morgan fingerprint density at radius 1 is 1.21 bits per heavy atom. The summed E-state index contributed by atoms with van der Waals surface area (Å²) >= 11 is 0. The van der Waals surface area contributed by atoms with E-state index in [1.807, 2.05) is 49.4 Å². The molecular formula is C29H34N6O3Si. The molecule has 39 heavy (non-hydrogen) atoms. The van der Waals surface area contributed by atoms with E-state index in [-0.39, 0.29) is 12.6 Å². The highest BCUT2D eigenvalue weighted by Gasteiger charge is 2.19. The van der Waals surface area contributed by atoms with Crippen molar-refractivity contribution in [1.82, 2.24) is 19.6 Å². The number of carbonyl (C=O) groups is 1. The monoisotopic (exact) mass is 542 g/mol. The molecule has 0 bridgehead atoms. The molecule has 202 valence electrons. The summed E-state index contributed by atoms with van der Waals surface area (Å²) in [5.74, 6) is -0.335. The van der Waals surface area contributed by atoms with Crippen molar-refractivity contribution in [3.05, 3.63) is 83.5 Å². The highest BCUT2D eigenvalue weighted by molar-refractivity contribution is 6.76. The molecule has 4 aromatic rings. The molecule has 0 saturated carbocycles. The number of nitrogens with zero attached hydrogens (tertiary/aromatic N) is 5. The van der Waals surface area contributed by atoms with Crippen LogP contribution in [0.15, 0.2) is 61.1 Å². The summed E-state index contributed by atoms with van der Waals surface area (Å²) in [7, 11) is -1.22. The lowest BCUT2D eigenvalue weighted by Crippen LogP contribution is -2.22. The van der Waals surface area contributed by atoms with Gasteiger partial charge in [0.05, 0.1) is 48.4 Å². The zero-order valence-corrected chi connectivity index (χ0v) is 23.8. The fourth-order valence-electron chi connectivity index (χ4n) is 3.95. The van der Waals surface area contributed by atoms with Crippen molar-refractivity contribution in [2.45, 2.75) is 45.9 Å². The number of hydrogen-bond acceptors (Lipinski definition) is 6. The van der Waals surface area contributed by atoms with Crippen LogP contribution in [0.2, 0.25) is 25.7 Å². The van der Waals surface area contributed by atoms with E-state index in [2.05, 4.69) is 41.2 Å². The van der Waals surface area contributed by atoms with Crippen molar-refractivity contribution in [2.24, 2.45) is 0 Å². The van der Waals surface area contributed by atoms with Gasteiger partial charge in [-0.3, -0.25) is 9.48 Å². The van der Waals surface area contributed by atoms with E-state index in [1.54, 1.807) is 34.1 Å². The van der Waals surface area contributed by atoms with Crippen molar-refractivity contribution in [3.63, 3.8) is 0 Å². The van der Waals surface area contributed by atoms with Crippen LogP contribution in [-0.4, -0.2) is 46.8 Å². The summed E-state index contributed by atoms with van der Waals surface area (Å²) in [6.07, 6.45) is 6.86. The standard InChI is InChI=1S/C29H34N6O3Si/c1-5-37-12-11-22-9-10-27-26(16-22)28(33-35(27)21-38-13-14-39(2,3)4)29(36)32-25-18-31-34(20-25)19-24-8-6-7-23(15-24)17-30/h6-12,15-16,18,20H,5,13-14,19,21H2,1-4H3,(H,32,36)/b12-11+. The molecule has 0 radical (unpaired) electrons. The molecule has 10 heteroatoms. The Morgan fingerprint density at radius 2 is 2.05 bits per heavy atom. The van der Waals surface area contributed by atoms with E-state index >= 15 is 0 Å². The SMILES string of the molecule is CCO/C=C/c1ccc2c(c1)c(C(=O)Nc1cnn(Cc3cccc(C#N)c3)c1)nn2COCC[Si](C)(C)C. The van der Waals surface area contributed by atoms with Crippen LogP contribution in [0.4, 0.5) is 5.69 Å². The van der Waals surface area contributed by atoms with Crippen LogP contribution in [0, 0.1) is 11.3 Å². The number of carbonyl (C=O) groups excluding carboxylic acids is 1. The molecule has 9 nitrogen and oxygen atoms in total. The molecule has 1 amide bonds. The van der Waals surface area contributed by atoms with E-state index < -0.39 is 8.07 Å². The Labute approximate surface area is 229 Å². The molecule has 0 atom stereocenters. The highest BCUT2D eigenvalue weighted by Crippen LogP contribution is 2.23. The van der Waals surface area contributed by atoms with Gasteiger partial charge in [0.1, 0.15) is 6.73 Å². The second kappa shape index (κ2) is 12.6. The first-order chi connectivity index (χ1) is 18.8. The average molecular weight is 543 g/mol. The smallest absolute Gasteiger partial charge is 0.276 e. The minimum atomic E-state index is -1.22. The van der Waals surface area contributed by atoms with Gasteiger partial charge in [-0.2, -0.15) is 15.5 Å². The lowest BCUT2D eigenvalue weighted by Gasteiger charge is -2.15. The minimum absolute atomic E-state index is 0.266. The van der Waals surface area contributed by atoms with Crippen molar-refractivity contribution in [2.75, 3.05) is 18.5 Å². The Bertz CT molecular complexity index is 1510. The largest absolute Gasteiger partial charge is 0.501 e. The Kier molecular flexibility index (Phi) is 8.96. The molecule has 0 aliphatic carbocycles. The number of rotatable bonds is 12. The van der Waals surface area contributed by atoms with Gasteiger partial charge in [0, 0.05) is 26.3 Å². The summed E-state index contributed by atoms with van der Waals surface area (Å²) in [6, 6.07) is 16.4. The van der Waals surface area contributed by atoms with E-state index in [4.69, 9.17) is 14.7 Å². The number of nitriles is 1. The van der Waals surface area contributed by atoms with Gasteiger partial charge in [-0.05, 0) is 54.4 Å². The molecule has 1 N–H and O–H groups in total. The maximum absolute atomic E-state index is 13.4. The van der Waals surface area contributed by atoms with E-state index in [0.717, 1.165) is 28.1 Å². The molecule has 2 heterocycles. The number of fused-ring (bicyclic) bond motifs is 1. The van der Waals surface area contributed by atoms with E-state index in [0.29, 0.717) is 36.7 Å². The van der Waals surface area contributed by atoms with Crippen LogP contribution >= 0.6 is 0 Å². The second-order valence-electron chi connectivity index (χ2n) is 10.4. The summed E-state index contributed by atoms with van der Waals surface area (Å²) in [6.45, 7) is 10.8. The number of hydrogen-bond donors (Lipinski definition) is 1. The number of ether oxygens (including phenoxy) is 2. The van der Waals surface area contributed by atoms with Crippen LogP contribution < -0.4 is 5.32 Å². The third-order valence-corrected chi connectivity index (χ3v) is 7.72. The topological polar surface area (TPSA) is 107 Å². The molecule has 0 spiro atoms. The van der Waals surface area contributed by atoms with Gasteiger partial charge >= 0.3 is 0 Å². The quantitative estimate of drug-likeness (QED) is 0.139. The van der Waals surface area contributed by atoms with Gasteiger partial charge in [0.25, 0.3) is 5.91 Å². The summed E-state index contributed by atoms with van der Waals surface area (Å²) < 4.78 is 14.7. The first-order valence-corrected chi connectivity index (χ1v) is 16.7. The molecule has 0 saturated heterocycles. The van der Waals surface area contributed by atoms with Crippen molar-refractivity contribution >= 4 is 36.6 Å². The molecule has 2 aromatic heterocycles. The number of anilines is 1. The van der Waals surface area contributed by atoms with Crippen LogP contribution in [0.25, 0.3) is 17.0 Å². The lowest BCUT2D eigenvalue weighted by molar-refractivity contribution is 0.0809. The maximum Gasteiger partial charge on any atom is 0.276 e. The number of amides is 1. The van der Waals surface area contributed by atoms with Crippen molar-refractivity contribution in [3.8, 4) is 6.07 Å². The zero-order valence-electron chi connectivity index (χ0n) is 22.8. The highest BCUT2D eigenvalue weighted by atomic mass is 28.3. The normalized spacial score (nSPS) is 11.7. The molecule has 2 aromatic carbocycles. The average Bonchev–Trinajstić information content (AvgIpc) is 3.50. The Morgan fingerprint density at radius 3 is 2.82 bits per heavy atom. The van der Waals surface area contributed by atoms with Gasteiger partial charge < -0.3 is 14.8 Å². The van der Waals surface area contributed by atoms with Gasteiger partial charge in [-0.15, -0.1) is 0 Å². The zero-order chi connectivity index (χ0) is 27.8. The summed E-state index contributed by atoms with van der Waals surface area (Å²) in [5.41, 5.74) is 4.11. The van der Waals surface area contributed by atoms with Crippen LogP contribution in [0.1, 0.15) is 34.1 Å². The van der Waals surface area contributed by atoms with Crippen LogP contribution in [-0.2, 0) is 22.7 Å². The molecule has 0 fully saturated rings. The van der Waals surface area contributed by atoms with Gasteiger partial charge in [-0.1, -0.05) is 37.8 Å². The maximum atomic E-state index is 13.4. The molecule has 0 aliphatic heterocycles. The van der Waals surface area contributed by atoms with Crippen molar-refractivity contribution in [1.29, 1.82) is 5.26 Å². The predicted octanol–water partition coefficient (Wildman–Crippen LogP) is 5.72. The number of nitrogens with one attached hydrogen (secondary N) is 1. The first-order valence-electron chi connectivity index (χ1n) is 12.9. The third kappa shape index (κ3) is 7.66. The lowest BCUT2D eigenvalue weighted by atomic mass is 10.1. The summed E-state index contributed by atoms with van der Waals surface area (Å²) in [4.78, 5) is 13.4. The van der Waals surface area contributed by atoms with E-state index in [9.17, 15) is 4.79 Å². The second-order valence-corrected chi connectivity index (χ2v) is 16.0. The molecule has 4 rings (SSSR count). The van der Waals surface area contributed by atoms with Gasteiger partial charge in [0.2, 0.25) is 0 Å². The minimum Gasteiger partial charge on any atom is -0.501 e. The van der Waals surface area contributed by atoms with Crippen molar-refractivity contribution < 1.29 is 14.3 Å². The molecular weight excluding hydrogens is 508 g/mol. The third-order valence-electron chi connectivity index (χ3n) is 6.01. The van der Waals surface area contributed by atoms with Crippen LogP contribution in [0.5, 0.6) is 0 Å². The van der Waals surface area contributed by atoms with Gasteiger partial charge in [0.15, 0.2) is 5.69 Å². The van der Waals surface area contributed by atoms with Gasteiger partial charge in [-0.25, -0.2) is 4.68 Å². The first kappa shape index (κ1) is 27.8. The number of benzene rings is 2. The molecule has 0 unspecified atom stereocenters. The predicted molar refractivity (Wildman–Crippen MR) is 155 cm³/mol. The molecule has 0 aliphatic rings. The Balaban J connectivity index is 1.54. The van der Waals surface area contributed by atoms with E-state index in [1.165, 1.54) is 0 Å².